The molecule has 5 heteroatoms. The quantitative estimate of drug-likeness (QED) is 0.483. The molecule has 2 aromatic rings. The third-order valence-corrected chi connectivity index (χ3v) is 6.50. The SMILES string of the molecule is O=C1N=C(CCCCC[C@@H]2CCNc3c(Cl)cc(Br)cc32)Cc2ccccc21. The number of unbranched alkanes of at least 4 members (excludes halogenated alkanes) is 2. The Kier molecular flexibility index (Phi) is 6.17. The first-order valence-electron chi connectivity index (χ1n) is 10.0. The van der Waals surface area contributed by atoms with Crippen LogP contribution in [0.4, 0.5) is 5.69 Å². The maximum atomic E-state index is 12.2. The van der Waals surface area contributed by atoms with E-state index in [4.69, 9.17) is 11.6 Å². The molecule has 3 nitrogen and oxygen atoms in total. The normalized spacial score (nSPS) is 18.1. The van der Waals surface area contributed by atoms with Gasteiger partial charge >= 0.3 is 0 Å². The fourth-order valence-electron chi connectivity index (χ4n) is 4.32. The van der Waals surface area contributed by atoms with E-state index in [1.165, 1.54) is 18.4 Å². The van der Waals surface area contributed by atoms with Crippen molar-refractivity contribution in [1.29, 1.82) is 0 Å². The van der Waals surface area contributed by atoms with Gasteiger partial charge in [-0.2, -0.15) is 0 Å². The van der Waals surface area contributed by atoms with Crippen molar-refractivity contribution in [2.45, 2.75) is 50.9 Å². The van der Waals surface area contributed by atoms with Crippen LogP contribution in [0.25, 0.3) is 0 Å². The van der Waals surface area contributed by atoms with Crippen molar-refractivity contribution < 1.29 is 4.79 Å². The first-order chi connectivity index (χ1) is 13.6. The third kappa shape index (κ3) is 4.33. The van der Waals surface area contributed by atoms with Crippen LogP contribution in [-0.2, 0) is 6.42 Å². The Hall–Kier alpha value is -1.65. The van der Waals surface area contributed by atoms with Crippen LogP contribution in [0.15, 0.2) is 45.9 Å². The summed E-state index contributed by atoms with van der Waals surface area (Å²) in [7, 11) is 0. The molecule has 28 heavy (non-hydrogen) atoms. The summed E-state index contributed by atoms with van der Waals surface area (Å²) in [5, 5.41) is 4.24. The molecule has 0 saturated heterocycles. The van der Waals surface area contributed by atoms with E-state index >= 15 is 0 Å². The van der Waals surface area contributed by atoms with Gasteiger partial charge in [0.25, 0.3) is 5.91 Å². The minimum absolute atomic E-state index is 0.0781. The molecule has 2 heterocycles. The van der Waals surface area contributed by atoms with Crippen molar-refractivity contribution in [3.63, 3.8) is 0 Å². The number of rotatable bonds is 6. The Morgan fingerprint density at radius 2 is 2.04 bits per heavy atom. The van der Waals surface area contributed by atoms with Crippen LogP contribution in [0, 0.1) is 0 Å². The number of hydrogen-bond donors (Lipinski definition) is 1. The summed E-state index contributed by atoms with van der Waals surface area (Å²) in [5.41, 5.74) is 5.36. The Morgan fingerprint density at radius 3 is 2.93 bits per heavy atom. The molecule has 4 rings (SSSR count). The van der Waals surface area contributed by atoms with Crippen molar-refractivity contribution in [3.8, 4) is 0 Å². The summed E-state index contributed by atoms with van der Waals surface area (Å²) in [4.78, 5) is 16.5. The Labute approximate surface area is 179 Å². The lowest BCUT2D eigenvalue weighted by molar-refractivity contribution is 0.1000. The fourth-order valence-corrected chi connectivity index (χ4v) is 5.22. The molecule has 1 N–H and O–H groups in total. The summed E-state index contributed by atoms with van der Waals surface area (Å²) < 4.78 is 1.05. The molecule has 1 amide bonds. The predicted octanol–water partition coefficient (Wildman–Crippen LogP) is 6.79. The minimum atomic E-state index is -0.0781. The Bertz CT molecular complexity index is 925. The molecule has 1 atom stereocenters. The number of amides is 1. The van der Waals surface area contributed by atoms with Crippen LogP contribution in [0.2, 0.25) is 5.02 Å². The molecule has 0 saturated carbocycles. The van der Waals surface area contributed by atoms with E-state index < -0.39 is 0 Å². The molecule has 2 aliphatic heterocycles. The summed E-state index contributed by atoms with van der Waals surface area (Å²) in [6.45, 7) is 0.983. The Morgan fingerprint density at radius 1 is 1.18 bits per heavy atom. The molecule has 2 aromatic carbocycles. The number of aliphatic imine (C=N–C) groups is 1. The standard InChI is InChI=1S/C23H24BrClN2O/c24-17-13-20-15(10-11-26-22(20)21(25)14-17)6-2-1-3-8-18-12-16-7-4-5-9-19(16)23(28)27-18/h4-5,7,9,13-15,26H,1-3,6,8,10-12H2/t15-/m1/s1. The Balaban J connectivity index is 1.27. The first kappa shape index (κ1) is 19.7. The van der Waals surface area contributed by atoms with Crippen LogP contribution in [0.1, 0.15) is 65.9 Å². The highest BCUT2D eigenvalue weighted by Gasteiger charge is 2.22. The molecule has 146 valence electrons. The van der Waals surface area contributed by atoms with Gasteiger partial charge in [-0.25, -0.2) is 4.99 Å². The van der Waals surface area contributed by atoms with Crippen molar-refractivity contribution in [2.24, 2.45) is 4.99 Å². The minimum Gasteiger partial charge on any atom is -0.384 e. The van der Waals surface area contributed by atoms with E-state index in [1.54, 1.807) is 0 Å². The van der Waals surface area contributed by atoms with Crippen LogP contribution < -0.4 is 5.32 Å². The number of benzene rings is 2. The van der Waals surface area contributed by atoms with Crippen LogP contribution >= 0.6 is 27.5 Å². The van der Waals surface area contributed by atoms with Gasteiger partial charge in [0.1, 0.15) is 0 Å². The van der Waals surface area contributed by atoms with E-state index in [0.29, 0.717) is 5.92 Å². The lowest BCUT2D eigenvalue weighted by atomic mass is 9.86. The van der Waals surface area contributed by atoms with Gasteiger partial charge in [0.15, 0.2) is 0 Å². The highest BCUT2D eigenvalue weighted by Crippen LogP contribution is 2.41. The first-order valence-corrected chi connectivity index (χ1v) is 11.2. The van der Waals surface area contributed by atoms with Crippen molar-refractivity contribution >= 4 is 44.8 Å². The molecular formula is C23H24BrClN2O. The van der Waals surface area contributed by atoms with E-state index in [-0.39, 0.29) is 5.91 Å². The second-order valence-electron chi connectivity index (χ2n) is 7.68. The zero-order valence-electron chi connectivity index (χ0n) is 15.8. The third-order valence-electron chi connectivity index (χ3n) is 5.74. The number of carbonyl (C=O) groups excluding carboxylic acids is 1. The van der Waals surface area contributed by atoms with Gasteiger partial charge in [0.2, 0.25) is 0 Å². The van der Waals surface area contributed by atoms with Crippen LogP contribution in [0.3, 0.4) is 0 Å². The molecule has 0 bridgehead atoms. The van der Waals surface area contributed by atoms with Crippen LogP contribution in [0.5, 0.6) is 0 Å². The largest absolute Gasteiger partial charge is 0.384 e. The molecule has 0 unspecified atom stereocenters. The van der Waals surface area contributed by atoms with Gasteiger partial charge in [0, 0.05) is 28.7 Å². The molecule has 0 fully saturated rings. The summed E-state index contributed by atoms with van der Waals surface area (Å²) >= 11 is 9.97. The van der Waals surface area contributed by atoms with Gasteiger partial charge in [0.05, 0.1) is 10.7 Å². The summed E-state index contributed by atoms with van der Waals surface area (Å²) in [6, 6.07) is 12.0. The lowest BCUT2D eigenvalue weighted by Gasteiger charge is -2.28. The number of halogens is 2. The summed E-state index contributed by atoms with van der Waals surface area (Å²) in [6.07, 6.45) is 7.50. The van der Waals surface area contributed by atoms with E-state index in [9.17, 15) is 4.79 Å². The van der Waals surface area contributed by atoms with Gasteiger partial charge in [-0.05, 0) is 60.9 Å². The monoisotopic (exact) mass is 458 g/mol. The van der Waals surface area contributed by atoms with E-state index in [1.807, 2.05) is 30.3 Å². The molecule has 0 aliphatic carbocycles. The lowest BCUT2D eigenvalue weighted by Crippen LogP contribution is -2.17. The van der Waals surface area contributed by atoms with Crippen LogP contribution in [-0.4, -0.2) is 18.2 Å². The molecule has 0 radical (unpaired) electrons. The highest BCUT2D eigenvalue weighted by atomic mass is 79.9. The number of carbonyl (C=O) groups is 1. The van der Waals surface area contributed by atoms with Crippen molar-refractivity contribution in [3.05, 3.63) is 62.6 Å². The average molecular weight is 460 g/mol. The maximum Gasteiger partial charge on any atom is 0.277 e. The maximum absolute atomic E-state index is 12.2. The number of fused-ring (bicyclic) bond motifs is 2. The highest BCUT2D eigenvalue weighted by molar-refractivity contribution is 9.10. The van der Waals surface area contributed by atoms with Crippen molar-refractivity contribution in [2.75, 3.05) is 11.9 Å². The molecule has 0 spiro atoms. The second-order valence-corrected chi connectivity index (χ2v) is 9.00. The number of nitrogens with one attached hydrogen (secondary N) is 1. The number of anilines is 1. The second kappa shape index (κ2) is 8.79. The smallest absolute Gasteiger partial charge is 0.277 e. The average Bonchev–Trinajstić information content (AvgIpc) is 2.68. The molecule has 2 aliphatic rings. The topological polar surface area (TPSA) is 41.5 Å². The zero-order chi connectivity index (χ0) is 19.5. The van der Waals surface area contributed by atoms with Gasteiger partial charge in [-0.3, -0.25) is 4.79 Å². The fraction of sp³-hybridized carbons (Fsp3) is 0.391. The van der Waals surface area contributed by atoms with E-state index in [2.05, 4.69) is 32.3 Å². The van der Waals surface area contributed by atoms with Gasteiger partial charge in [-0.15, -0.1) is 0 Å². The number of hydrogen-bond acceptors (Lipinski definition) is 2. The van der Waals surface area contributed by atoms with Gasteiger partial charge < -0.3 is 5.32 Å². The van der Waals surface area contributed by atoms with Gasteiger partial charge in [-0.1, -0.05) is 58.6 Å². The van der Waals surface area contributed by atoms with E-state index in [0.717, 1.165) is 70.7 Å². The number of nitrogens with zero attached hydrogens (tertiary/aromatic N) is 1. The molecule has 0 aromatic heterocycles. The molecular weight excluding hydrogens is 436 g/mol. The summed E-state index contributed by atoms with van der Waals surface area (Å²) in [5.74, 6) is 0.484. The zero-order valence-corrected chi connectivity index (χ0v) is 18.2. The predicted molar refractivity (Wildman–Crippen MR) is 120 cm³/mol. The van der Waals surface area contributed by atoms with Crippen molar-refractivity contribution in [1.82, 2.24) is 0 Å².